The highest BCUT2D eigenvalue weighted by molar-refractivity contribution is 6.42. The summed E-state index contributed by atoms with van der Waals surface area (Å²) in [5, 5.41) is 0.753. The van der Waals surface area contributed by atoms with E-state index in [4.69, 9.17) is 32.4 Å². The molecule has 0 radical (unpaired) electrons. The van der Waals surface area contributed by atoms with Gasteiger partial charge >= 0.3 is 5.97 Å². The summed E-state index contributed by atoms with van der Waals surface area (Å²) >= 11 is 11.8. The predicted octanol–water partition coefficient (Wildman–Crippen LogP) is 4.11. The number of methoxy groups -OCH3 is 1. The molecule has 2 rings (SSSR count). The number of rotatable bonds is 6. The van der Waals surface area contributed by atoms with Gasteiger partial charge in [-0.3, -0.25) is 4.79 Å². The molecule has 6 nitrogen and oxygen atoms in total. The third kappa shape index (κ3) is 4.71. The van der Waals surface area contributed by atoms with Crippen molar-refractivity contribution in [2.75, 3.05) is 14.2 Å². The van der Waals surface area contributed by atoms with Crippen LogP contribution in [0.15, 0.2) is 28.7 Å². The largest absolute Gasteiger partial charge is 0.481 e. The molecule has 0 N–H and O–H groups in total. The number of esters is 1. The van der Waals surface area contributed by atoms with Gasteiger partial charge in [-0.05, 0) is 32.0 Å². The van der Waals surface area contributed by atoms with Crippen LogP contribution in [0, 0.1) is 6.92 Å². The van der Waals surface area contributed by atoms with Gasteiger partial charge in [0.2, 0.25) is 0 Å². The highest BCUT2D eigenvalue weighted by Gasteiger charge is 2.22. The molecule has 2 aromatic rings. The van der Waals surface area contributed by atoms with E-state index in [1.54, 1.807) is 45.2 Å². The van der Waals surface area contributed by atoms with Crippen molar-refractivity contribution in [3.05, 3.63) is 51.4 Å². The third-order valence-electron chi connectivity index (χ3n) is 3.70. The monoisotopic (exact) mass is 399 g/mol. The van der Waals surface area contributed by atoms with Crippen molar-refractivity contribution in [3.8, 4) is 5.75 Å². The maximum absolute atomic E-state index is 12.5. The van der Waals surface area contributed by atoms with Gasteiger partial charge in [0.05, 0.1) is 23.7 Å². The smallest absolute Gasteiger partial charge is 0.341 e. The lowest BCUT2D eigenvalue weighted by molar-refractivity contribution is -0.137. The highest BCUT2D eigenvalue weighted by atomic mass is 35.5. The molecule has 8 heteroatoms. The summed E-state index contributed by atoms with van der Waals surface area (Å²) in [4.78, 5) is 25.6. The van der Waals surface area contributed by atoms with E-state index in [1.807, 2.05) is 0 Å². The molecule has 0 spiro atoms. The van der Waals surface area contributed by atoms with E-state index >= 15 is 0 Å². The van der Waals surface area contributed by atoms with E-state index in [0.717, 1.165) is 0 Å². The van der Waals surface area contributed by atoms with Crippen molar-refractivity contribution in [2.24, 2.45) is 0 Å². The summed E-state index contributed by atoms with van der Waals surface area (Å²) in [6.07, 6.45) is -0.742. The maximum atomic E-state index is 12.5. The molecule has 0 aliphatic carbocycles. The minimum atomic E-state index is -0.742. The average molecular weight is 400 g/mol. The lowest BCUT2D eigenvalue weighted by atomic mass is 10.2. The standard InChI is InChI=1S/C18H19Cl2NO5/c1-10-14(18(23)24-4)7-13(25-10)9-21(3)17(22)11(2)26-12-5-6-15(19)16(20)8-12/h5-8,11H,9H2,1-4H3. The van der Waals surface area contributed by atoms with Gasteiger partial charge in [-0.2, -0.15) is 0 Å². The van der Waals surface area contributed by atoms with E-state index in [-0.39, 0.29) is 12.5 Å². The summed E-state index contributed by atoms with van der Waals surface area (Å²) < 4.78 is 15.8. The molecule has 0 fully saturated rings. The van der Waals surface area contributed by atoms with Crippen LogP contribution in [0.5, 0.6) is 5.75 Å². The molecular formula is C18H19Cl2NO5. The Morgan fingerprint density at radius 3 is 2.54 bits per heavy atom. The third-order valence-corrected chi connectivity index (χ3v) is 4.43. The minimum Gasteiger partial charge on any atom is -0.481 e. The van der Waals surface area contributed by atoms with Gasteiger partial charge in [0.1, 0.15) is 22.8 Å². The molecule has 140 valence electrons. The first-order valence-corrected chi connectivity index (χ1v) is 8.52. The lowest BCUT2D eigenvalue weighted by Crippen LogP contribution is -2.37. The van der Waals surface area contributed by atoms with E-state index in [1.165, 1.54) is 12.0 Å². The molecule has 1 aromatic heterocycles. The Bertz CT molecular complexity index is 818. The van der Waals surface area contributed by atoms with Crippen LogP contribution in [-0.2, 0) is 16.1 Å². The van der Waals surface area contributed by atoms with Crippen LogP contribution < -0.4 is 4.74 Å². The van der Waals surface area contributed by atoms with E-state index in [9.17, 15) is 9.59 Å². The molecule has 1 amide bonds. The summed E-state index contributed by atoms with van der Waals surface area (Å²) in [7, 11) is 2.92. The van der Waals surface area contributed by atoms with Crippen molar-refractivity contribution in [3.63, 3.8) is 0 Å². The zero-order chi connectivity index (χ0) is 19.4. The van der Waals surface area contributed by atoms with Crippen molar-refractivity contribution in [1.82, 2.24) is 4.90 Å². The van der Waals surface area contributed by atoms with E-state index in [0.29, 0.717) is 32.9 Å². The van der Waals surface area contributed by atoms with Gasteiger partial charge in [-0.15, -0.1) is 0 Å². The number of furan rings is 1. The molecule has 0 saturated carbocycles. The van der Waals surface area contributed by atoms with Crippen LogP contribution in [0.4, 0.5) is 0 Å². The Kier molecular flexibility index (Phi) is 6.56. The molecule has 0 aliphatic rings. The number of hydrogen-bond donors (Lipinski definition) is 0. The number of aryl methyl sites for hydroxylation is 1. The summed E-state index contributed by atoms with van der Waals surface area (Å²) in [6.45, 7) is 3.48. The van der Waals surface area contributed by atoms with Gasteiger partial charge in [-0.1, -0.05) is 23.2 Å². The Hall–Kier alpha value is -2.18. The number of ether oxygens (including phenoxy) is 2. The van der Waals surface area contributed by atoms with Crippen LogP contribution in [0.2, 0.25) is 10.0 Å². The van der Waals surface area contributed by atoms with Crippen LogP contribution in [-0.4, -0.2) is 37.0 Å². The van der Waals surface area contributed by atoms with Gasteiger partial charge in [0, 0.05) is 13.1 Å². The van der Waals surface area contributed by atoms with Crippen molar-refractivity contribution < 1.29 is 23.5 Å². The normalized spacial score (nSPS) is 11.8. The topological polar surface area (TPSA) is 69.0 Å². The number of halogens is 2. The minimum absolute atomic E-state index is 0.186. The predicted molar refractivity (Wildman–Crippen MR) is 97.8 cm³/mol. The molecule has 1 heterocycles. The van der Waals surface area contributed by atoms with Crippen LogP contribution in [0.1, 0.15) is 28.8 Å². The molecule has 1 unspecified atom stereocenters. The number of amides is 1. The van der Waals surface area contributed by atoms with Gasteiger partial charge in [0.15, 0.2) is 6.10 Å². The number of benzene rings is 1. The molecule has 26 heavy (non-hydrogen) atoms. The second-order valence-electron chi connectivity index (χ2n) is 5.70. The number of likely N-dealkylation sites (N-methyl/N-ethyl adjacent to an activating group) is 1. The Morgan fingerprint density at radius 1 is 1.23 bits per heavy atom. The zero-order valence-corrected chi connectivity index (χ0v) is 16.4. The number of nitrogens with zero attached hydrogens (tertiary/aromatic N) is 1. The summed E-state index contributed by atoms with van der Waals surface area (Å²) in [5.74, 6) is 0.608. The molecule has 0 aliphatic heterocycles. The quantitative estimate of drug-likeness (QED) is 0.683. The van der Waals surface area contributed by atoms with Crippen LogP contribution >= 0.6 is 23.2 Å². The maximum Gasteiger partial charge on any atom is 0.341 e. The first-order valence-electron chi connectivity index (χ1n) is 7.77. The first-order chi connectivity index (χ1) is 12.2. The van der Waals surface area contributed by atoms with Gasteiger partial charge in [0.25, 0.3) is 5.91 Å². The average Bonchev–Trinajstić information content (AvgIpc) is 2.96. The van der Waals surface area contributed by atoms with Crippen molar-refractivity contribution in [2.45, 2.75) is 26.5 Å². The summed E-state index contributed by atoms with van der Waals surface area (Å²) in [5.41, 5.74) is 0.337. The fraction of sp³-hybridized carbons (Fsp3) is 0.333. The highest BCUT2D eigenvalue weighted by Crippen LogP contribution is 2.27. The van der Waals surface area contributed by atoms with E-state index < -0.39 is 12.1 Å². The van der Waals surface area contributed by atoms with Gasteiger partial charge < -0.3 is 18.8 Å². The number of hydrogen-bond acceptors (Lipinski definition) is 5. The number of carbonyl (C=O) groups excluding carboxylic acids is 2. The van der Waals surface area contributed by atoms with E-state index in [2.05, 4.69) is 4.74 Å². The van der Waals surface area contributed by atoms with Crippen LogP contribution in [0.25, 0.3) is 0 Å². The zero-order valence-electron chi connectivity index (χ0n) is 14.8. The van der Waals surface area contributed by atoms with Crippen molar-refractivity contribution in [1.29, 1.82) is 0 Å². The number of carbonyl (C=O) groups is 2. The Morgan fingerprint density at radius 2 is 1.92 bits per heavy atom. The molecular weight excluding hydrogens is 381 g/mol. The fourth-order valence-corrected chi connectivity index (χ4v) is 2.65. The lowest BCUT2D eigenvalue weighted by Gasteiger charge is -2.21. The summed E-state index contributed by atoms with van der Waals surface area (Å²) in [6, 6.07) is 6.35. The molecule has 0 bridgehead atoms. The second kappa shape index (κ2) is 8.47. The molecule has 1 aromatic carbocycles. The Labute approximate surface area is 161 Å². The Balaban J connectivity index is 2.02. The fourth-order valence-electron chi connectivity index (χ4n) is 2.36. The van der Waals surface area contributed by atoms with Gasteiger partial charge in [-0.25, -0.2) is 4.79 Å². The first kappa shape index (κ1) is 20.1. The van der Waals surface area contributed by atoms with Crippen molar-refractivity contribution >= 4 is 35.1 Å². The molecule has 0 saturated heterocycles. The molecule has 1 atom stereocenters. The SMILES string of the molecule is COC(=O)c1cc(CN(C)C(=O)C(C)Oc2ccc(Cl)c(Cl)c2)oc1C. The second-order valence-corrected chi connectivity index (χ2v) is 6.52. The van der Waals surface area contributed by atoms with Crippen LogP contribution in [0.3, 0.4) is 0 Å².